The highest BCUT2D eigenvalue weighted by atomic mass is 16.6. The summed E-state index contributed by atoms with van der Waals surface area (Å²) in [6.07, 6.45) is -0.678. The molecule has 0 saturated heterocycles. The van der Waals surface area contributed by atoms with Crippen LogP contribution in [0.3, 0.4) is 0 Å². The maximum atomic E-state index is 13.2. The van der Waals surface area contributed by atoms with Crippen LogP contribution in [-0.4, -0.2) is 41.5 Å². The molecule has 7 heteroatoms. The Morgan fingerprint density at radius 2 is 1.59 bits per heavy atom. The molecule has 7 nitrogen and oxygen atoms in total. The van der Waals surface area contributed by atoms with Crippen molar-refractivity contribution in [2.24, 2.45) is 0 Å². The van der Waals surface area contributed by atoms with E-state index in [1.54, 1.807) is 27.7 Å². The third-order valence-corrected chi connectivity index (χ3v) is 4.71. The number of alkyl carbamates (subject to hydrolysis) is 1. The molecule has 0 bridgehead atoms. The fourth-order valence-corrected chi connectivity index (χ4v) is 3.17. The topological polar surface area (TPSA) is 87.7 Å². The second kappa shape index (κ2) is 11.3. The Morgan fingerprint density at radius 1 is 0.969 bits per heavy atom. The number of hydrogen-bond donors (Lipinski definition) is 2. The lowest BCUT2D eigenvalue weighted by molar-refractivity contribution is -0.140. The summed E-state index contributed by atoms with van der Waals surface area (Å²) in [6, 6.07) is 16.3. The van der Waals surface area contributed by atoms with Crippen molar-refractivity contribution < 1.29 is 19.1 Å². The number of amides is 3. The van der Waals surface area contributed by atoms with Gasteiger partial charge in [-0.15, -0.1) is 0 Å². The zero-order valence-corrected chi connectivity index (χ0v) is 19.5. The molecule has 0 fully saturated rings. The van der Waals surface area contributed by atoms with Crippen molar-refractivity contribution in [1.82, 2.24) is 15.5 Å². The van der Waals surface area contributed by atoms with Gasteiger partial charge in [-0.2, -0.15) is 0 Å². The van der Waals surface area contributed by atoms with E-state index >= 15 is 0 Å². The molecular weight excluding hydrogens is 406 g/mol. The Kier molecular flexibility index (Phi) is 8.81. The van der Waals surface area contributed by atoms with Crippen LogP contribution in [0.1, 0.15) is 50.4 Å². The van der Waals surface area contributed by atoms with Crippen LogP contribution in [0.15, 0.2) is 54.6 Å². The third kappa shape index (κ3) is 7.72. The van der Waals surface area contributed by atoms with E-state index in [4.69, 9.17) is 4.74 Å². The van der Waals surface area contributed by atoms with E-state index in [1.807, 2.05) is 61.5 Å². The first-order valence-electron chi connectivity index (χ1n) is 10.7. The molecule has 2 aromatic rings. The molecule has 0 radical (unpaired) electrons. The first kappa shape index (κ1) is 24.9. The molecule has 0 aromatic heterocycles. The van der Waals surface area contributed by atoms with Gasteiger partial charge in [-0.05, 0) is 45.7 Å². The van der Waals surface area contributed by atoms with Gasteiger partial charge in [-0.25, -0.2) is 4.79 Å². The van der Waals surface area contributed by atoms with Gasteiger partial charge in [-0.1, -0.05) is 60.2 Å². The second-order valence-corrected chi connectivity index (χ2v) is 8.55. The lowest BCUT2D eigenvalue weighted by Gasteiger charge is -2.31. The molecule has 0 aliphatic carbocycles. The maximum absolute atomic E-state index is 13.2. The van der Waals surface area contributed by atoms with Crippen LogP contribution >= 0.6 is 0 Å². The van der Waals surface area contributed by atoms with Gasteiger partial charge in [0, 0.05) is 13.1 Å². The number of rotatable bonds is 8. The highest BCUT2D eigenvalue weighted by Gasteiger charge is 2.30. The lowest BCUT2D eigenvalue weighted by atomic mass is 10.0. The molecule has 0 aliphatic heterocycles. The minimum absolute atomic E-state index is 0.267. The molecule has 172 valence electrons. The predicted octanol–water partition coefficient (Wildman–Crippen LogP) is 3.73. The Bertz CT molecular complexity index is 905. The van der Waals surface area contributed by atoms with Crippen molar-refractivity contribution in [2.45, 2.75) is 52.8 Å². The van der Waals surface area contributed by atoms with Gasteiger partial charge in [0.25, 0.3) is 0 Å². The average Bonchev–Trinajstić information content (AvgIpc) is 2.74. The van der Waals surface area contributed by atoms with Crippen LogP contribution in [0.25, 0.3) is 0 Å². The van der Waals surface area contributed by atoms with Crippen molar-refractivity contribution in [3.8, 4) is 0 Å². The molecule has 2 N–H and O–H groups in total. The molecule has 0 aliphatic rings. The van der Waals surface area contributed by atoms with E-state index in [0.717, 1.165) is 11.1 Å². The molecule has 3 amide bonds. The SMILES string of the molecule is CCN(C(=O)CNC(=O)OC(C)(C)C)C(C(=O)NCc1ccccc1)c1ccc(C)cc1. The summed E-state index contributed by atoms with van der Waals surface area (Å²) in [5.74, 6) is -0.663. The summed E-state index contributed by atoms with van der Waals surface area (Å²) >= 11 is 0. The summed E-state index contributed by atoms with van der Waals surface area (Å²) in [5.41, 5.74) is 2.05. The van der Waals surface area contributed by atoms with Gasteiger partial charge < -0.3 is 20.3 Å². The van der Waals surface area contributed by atoms with Crippen molar-refractivity contribution in [3.05, 3.63) is 71.3 Å². The van der Waals surface area contributed by atoms with Gasteiger partial charge in [0.1, 0.15) is 18.2 Å². The minimum Gasteiger partial charge on any atom is -0.444 e. The third-order valence-electron chi connectivity index (χ3n) is 4.71. The number of carbonyl (C=O) groups is 3. The molecule has 32 heavy (non-hydrogen) atoms. The number of ether oxygens (including phenoxy) is 1. The standard InChI is InChI=1S/C25H33N3O4/c1-6-28(21(29)17-27-24(31)32-25(3,4)5)22(20-14-12-18(2)13-15-20)23(30)26-16-19-10-8-7-9-11-19/h7-15,22H,6,16-17H2,1-5H3,(H,26,30)(H,27,31). The van der Waals surface area contributed by atoms with E-state index in [1.165, 1.54) is 4.90 Å². The fourth-order valence-electron chi connectivity index (χ4n) is 3.17. The van der Waals surface area contributed by atoms with E-state index in [9.17, 15) is 14.4 Å². The van der Waals surface area contributed by atoms with Gasteiger partial charge in [-0.3, -0.25) is 9.59 Å². The van der Waals surface area contributed by atoms with Gasteiger partial charge in [0.15, 0.2) is 0 Å². The van der Waals surface area contributed by atoms with Crippen molar-refractivity contribution in [3.63, 3.8) is 0 Å². The average molecular weight is 440 g/mol. The number of nitrogens with zero attached hydrogens (tertiary/aromatic N) is 1. The molecule has 0 spiro atoms. The highest BCUT2D eigenvalue weighted by Crippen LogP contribution is 2.22. The van der Waals surface area contributed by atoms with E-state index < -0.39 is 17.7 Å². The van der Waals surface area contributed by atoms with Crippen LogP contribution < -0.4 is 10.6 Å². The fraction of sp³-hybridized carbons (Fsp3) is 0.400. The van der Waals surface area contributed by atoms with Crippen molar-refractivity contribution in [1.29, 1.82) is 0 Å². The van der Waals surface area contributed by atoms with Gasteiger partial charge in [0.2, 0.25) is 11.8 Å². The zero-order valence-electron chi connectivity index (χ0n) is 19.5. The van der Waals surface area contributed by atoms with Crippen molar-refractivity contribution in [2.75, 3.05) is 13.1 Å². The first-order valence-corrected chi connectivity index (χ1v) is 10.7. The number of likely N-dealkylation sites (N-methyl/N-ethyl adjacent to an activating group) is 1. The van der Waals surface area contributed by atoms with Crippen LogP contribution in [-0.2, 0) is 20.9 Å². The molecule has 0 saturated carbocycles. The number of hydrogen-bond acceptors (Lipinski definition) is 4. The quantitative estimate of drug-likeness (QED) is 0.656. The van der Waals surface area contributed by atoms with E-state index in [0.29, 0.717) is 18.7 Å². The number of benzene rings is 2. The summed E-state index contributed by atoms with van der Waals surface area (Å²) in [4.78, 5) is 39.6. The van der Waals surface area contributed by atoms with E-state index in [-0.39, 0.29) is 18.4 Å². The van der Waals surface area contributed by atoms with Crippen LogP contribution in [0.4, 0.5) is 4.79 Å². The first-order chi connectivity index (χ1) is 15.1. The number of carbonyl (C=O) groups excluding carboxylic acids is 3. The normalized spacial score (nSPS) is 11.9. The number of nitrogens with one attached hydrogen (secondary N) is 2. The Balaban J connectivity index is 2.18. The molecule has 1 unspecified atom stereocenters. The highest BCUT2D eigenvalue weighted by molar-refractivity contribution is 5.90. The smallest absolute Gasteiger partial charge is 0.408 e. The Morgan fingerprint density at radius 3 is 2.16 bits per heavy atom. The van der Waals surface area contributed by atoms with Gasteiger partial charge in [0.05, 0.1) is 0 Å². The summed E-state index contributed by atoms with van der Waals surface area (Å²) in [7, 11) is 0. The predicted molar refractivity (Wildman–Crippen MR) is 124 cm³/mol. The summed E-state index contributed by atoms with van der Waals surface area (Å²) in [5, 5.41) is 5.41. The van der Waals surface area contributed by atoms with Crippen LogP contribution in [0.2, 0.25) is 0 Å². The monoisotopic (exact) mass is 439 g/mol. The Labute approximate surface area is 190 Å². The number of aryl methyl sites for hydroxylation is 1. The largest absolute Gasteiger partial charge is 0.444 e. The minimum atomic E-state index is -0.822. The summed E-state index contributed by atoms with van der Waals surface area (Å²) in [6.45, 7) is 9.39. The van der Waals surface area contributed by atoms with Crippen LogP contribution in [0.5, 0.6) is 0 Å². The maximum Gasteiger partial charge on any atom is 0.408 e. The molecule has 0 heterocycles. The van der Waals surface area contributed by atoms with Crippen molar-refractivity contribution >= 4 is 17.9 Å². The Hall–Kier alpha value is -3.35. The zero-order chi connectivity index (χ0) is 23.7. The molecule has 2 rings (SSSR count). The lowest BCUT2D eigenvalue weighted by Crippen LogP contribution is -2.47. The van der Waals surface area contributed by atoms with Gasteiger partial charge >= 0.3 is 6.09 Å². The van der Waals surface area contributed by atoms with E-state index in [2.05, 4.69) is 10.6 Å². The van der Waals surface area contributed by atoms with Crippen LogP contribution in [0, 0.1) is 6.92 Å². The second-order valence-electron chi connectivity index (χ2n) is 8.55. The summed E-state index contributed by atoms with van der Waals surface area (Å²) < 4.78 is 5.19. The molecule has 2 aromatic carbocycles. The molecule has 1 atom stereocenters. The molecular formula is C25H33N3O4.